The molecular weight excluding hydrogens is 292 g/mol. The first kappa shape index (κ1) is 14.7. The Balaban J connectivity index is 1.90. The number of ether oxygens (including phenoxy) is 1. The highest BCUT2D eigenvalue weighted by molar-refractivity contribution is 5.86. The molecule has 0 atom stereocenters. The molecule has 0 amide bonds. The molecule has 0 aliphatic rings. The zero-order valence-electron chi connectivity index (χ0n) is 12.2. The predicted molar refractivity (Wildman–Crippen MR) is 85.2 cm³/mol. The molecule has 0 aliphatic carbocycles. The van der Waals surface area contributed by atoms with Crippen molar-refractivity contribution in [1.29, 1.82) is 0 Å². The monoisotopic (exact) mass is 306 g/mol. The van der Waals surface area contributed by atoms with Crippen molar-refractivity contribution in [2.45, 2.75) is 6.61 Å². The van der Waals surface area contributed by atoms with Crippen LogP contribution in [-0.2, 0) is 6.61 Å². The van der Waals surface area contributed by atoms with E-state index < -0.39 is 5.97 Å². The molecule has 0 bridgehead atoms. The van der Waals surface area contributed by atoms with E-state index in [4.69, 9.17) is 4.74 Å². The maximum absolute atomic E-state index is 11.3. The van der Waals surface area contributed by atoms with Gasteiger partial charge in [-0.2, -0.15) is 4.98 Å². The Hall–Kier alpha value is -3.21. The molecule has 0 radical (unpaired) electrons. The Morgan fingerprint density at radius 3 is 2.26 bits per heavy atom. The topological polar surface area (TPSA) is 72.3 Å². The highest BCUT2D eigenvalue weighted by Gasteiger charge is 2.12. The highest BCUT2D eigenvalue weighted by Crippen LogP contribution is 2.19. The largest absolute Gasteiger partial charge is 0.477 e. The molecule has 23 heavy (non-hydrogen) atoms. The molecule has 0 saturated carbocycles. The lowest BCUT2D eigenvalue weighted by Crippen LogP contribution is -2.06. The third-order valence-corrected chi connectivity index (χ3v) is 3.18. The standard InChI is InChI=1S/C18H14N2O3/c21-18(22)15-11-16(23-12-13-7-3-1-4-8-13)20-17(19-15)14-9-5-2-6-10-14/h1-11H,12H2,(H,21,22). The van der Waals surface area contributed by atoms with E-state index >= 15 is 0 Å². The van der Waals surface area contributed by atoms with Crippen LogP contribution in [0.25, 0.3) is 11.4 Å². The van der Waals surface area contributed by atoms with Crippen molar-refractivity contribution >= 4 is 5.97 Å². The van der Waals surface area contributed by atoms with Crippen molar-refractivity contribution in [2.75, 3.05) is 0 Å². The second-order valence-electron chi connectivity index (χ2n) is 4.86. The average molecular weight is 306 g/mol. The van der Waals surface area contributed by atoms with Crippen molar-refractivity contribution in [2.24, 2.45) is 0 Å². The lowest BCUT2D eigenvalue weighted by atomic mass is 10.2. The van der Waals surface area contributed by atoms with Crippen LogP contribution in [0.1, 0.15) is 16.1 Å². The van der Waals surface area contributed by atoms with Gasteiger partial charge in [-0.3, -0.25) is 0 Å². The number of hydrogen-bond acceptors (Lipinski definition) is 4. The first-order chi connectivity index (χ1) is 11.2. The molecule has 0 saturated heterocycles. The summed E-state index contributed by atoms with van der Waals surface area (Å²) in [6.07, 6.45) is 0. The van der Waals surface area contributed by atoms with Crippen LogP contribution >= 0.6 is 0 Å². The summed E-state index contributed by atoms with van der Waals surface area (Å²) in [7, 11) is 0. The van der Waals surface area contributed by atoms with Gasteiger partial charge in [0.25, 0.3) is 0 Å². The van der Waals surface area contributed by atoms with Crippen LogP contribution in [0.15, 0.2) is 66.7 Å². The van der Waals surface area contributed by atoms with Gasteiger partial charge in [0.1, 0.15) is 6.61 Å². The molecule has 1 heterocycles. The summed E-state index contributed by atoms with van der Waals surface area (Å²) in [5.41, 5.74) is 1.62. The van der Waals surface area contributed by atoms with Crippen LogP contribution in [0.4, 0.5) is 0 Å². The summed E-state index contributed by atoms with van der Waals surface area (Å²) in [5, 5.41) is 9.22. The fourth-order valence-electron chi connectivity index (χ4n) is 2.06. The van der Waals surface area contributed by atoms with Crippen LogP contribution in [0.5, 0.6) is 5.88 Å². The van der Waals surface area contributed by atoms with E-state index in [9.17, 15) is 9.90 Å². The second kappa shape index (κ2) is 6.70. The van der Waals surface area contributed by atoms with Crippen LogP contribution in [0, 0.1) is 0 Å². The molecule has 3 rings (SSSR count). The van der Waals surface area contributed by atoms with Gasteiger partial charge in [-0.15, -0.1) is 0 Å². The Labute approximate surface area is 133 Å². The Morgan fingerprint density at radius 2 is 1.61 bits per heavy atom. The highest BCUT2D eigenvalue weighted by atomic mass is 16.5. The molecule has 0 fully saturated rings. The first-order valence-corrected chi connectivity index (χ1v) is 7.07. The zero-order chi connectivity index (χ0) is 16.1. The molecule has 5 heteroatoms. The minimum absolute atomic E-state index is 0.0954. The SMILES string of the molecule is O=C(O)c1cc(OCc2ccccc2)nc(-c2ccccc2)n1. The number of hydrogen-bond donors (Lipinski definition) is 1. The van der Waals surface area contributed by atoms with Gasteiger partial charge in [-0.05, 0) is 5.56 Å². The molecular formula is C18H14N2O3. The van der Waals surface area contributed by atoms with E-state index in [1.807, 2.05) is 60.7 Å². The fraction of sp³-hybridized carbons (Fsp3) is 0.0556. The maximum Gasteiger partial charge on any atom is 0.354 e. The van der Waals surface area contributed by atoms with Crippen LogP contribution in [0.2, 0.25) is 0 Å². The van der Waals surface area contributed by atoms with Crippen LogP contribution in [-0.4, -0.2) is 21.0 Å². The van der Waals surface area contributed by atoms with Gasteiger partial charge in [0.15, 0.2) is 11.5 Å². The zero-order valence-corrected chi connectivity index (χ0v) is 12.2. The number of benzene rings is 2. The van der Waals surface area contributed by atoms with Gasteiger partial charge in [0, 0.05) is 11.6 Å². The van der Waals surface area contributed by atoms with E-state index in [1.165, 1.54) is 6.07 Å². The van der Waals surface area contributed by atoms with E-state index in [-0.39, 0.29) is 11.6 Å². The van der Waals surface area contributed by atoms with E-state index in [0.717, 1.165) is 11.1 Å². The van der Waals surface area contributed by atoms with E-state index in [0.29, 0.717) is 12.4 Å². The normalized spacial score (nSPS) is 10.3. The minimum atomic E-state index is -1.12. The third kappa shape index (κ3) is 3.71. The summed E-state index contributed by atoms with van der Waals surface area (Å²) in [5.74, 6) is -0.553. The van der Waals surface area contributed by atoms with Crippen LogP contribution in [0.3, 0.4) is 0 Å². The molecule has 5 nitrogen and oxygen atoms in total. The van der Waals surface area contributed by atoms with Crippen molar-refractivity contribution in [3.63, 3.8) is 0 Å². The number of aromatic carboxylic acids is 1. The van der Waals surface area contributed by atoms with Gasteiger partial charge in [-0.25, -0.2) is 9.78 Å². The fourth-order valence-corrected chi connectivity index (χ4v) is 2.06. The number of aromatic nitrogens is 2. The number of carboxylic acids is 1. The summed E-state index contributed by atoms with van der Waals surface area (Å²) >= 11 is 0. The molecule has 1 aromatic heterocycles. The summed E-state index contributed by atoms with van der Waals surface area (Å²) in [4.78, 5) is 19.6. The van der Waals surface area contributed by atoms with Crippen molar-refractivity contribution in [3.05, 3.63) is 78.0 Å². The minimum Gasteiger partial charge on any atom is -0.477 e. The Morgan fingerprint density at radius 1 is 0.957 bits per heavy atom. The number of carbonyl (C=O) groups is 1. The van der Waals surface area contributed by atoms with E-state index in [1.54, 1.807) is 0 Å². The molecule has 0 spiro atoms. The van der Waals surface area contributed by atoms with Crippen molar-refractivity contribution < 1.29 is 14.6 Å². The first-order valence-electron chi connectivity index (χ1n) is 7.07. The molecule has 1 N–H and O–H groups in total. The Bertz CT molecular complexity index is 805. The summed E-state index contributed by atoms with van der Waals surface area (Å²) in [6, 6.07) is 20.1. The smallest absolute Gasteiger partial charge is 0.354 e. The van der Waals surface area contributed by atoms with Gasteiger partial charge >= 0.3 is 5.97 Å². The molecule has 3 aromatic rings. The van der Waals surface area contributed by atoms with Gasteiger partial charge < -0.3 is 9.84 Å². The molecule has 0 aliphatic heterocycles. The quantitative estimate of drug-likeness (QED) is 0.782. The molecule has 0 unspecified atom stereocenters. The lowest BCUT2D eigenvalue weighted by Gasteiger charge is -2.08. The van der Waals surface area contributed by atoms with Crippen LogP contribution < -0.4 is 4.74 Å². The Kier molecular flexibility index (Phi) is 4.29. The predicted octanol–water partition coefficient (Wildman–Crippen LogP) is 3.42. The van der Waals surface area contributed by atoms with E-state index in [2.05, 4.69) is 9.97 Å². The van der Waals surface area contributed by atoms with Crippen molar-refractivity contribution in [1.82, 2.24) is 9.97 Å². The third-order valence-electron chi connectivity index (χ3n) is 3.18. The summed E-state index contributed by atoms with van der Waals surface area (Å²) < 4.78 is 5.63. The molecule has 2 aromatic carbocycles. The lowest BCUT2D eigenvalue weighted by molar-refractivity contribution is 0.0689. The number of nitrogens with zero attached hydrogens (tertiary/aromatic N) is 2. The van der Waals surface area contributed by atoms with Gasteiger partial charge in [-0.1, -0.05) is 60.7 Å². The second-order valence-corrected chi connectivity index (χ2v) is 4.86. The number of rotatable bonds is 5. The number of carboxylic acid groups (broad SMARTS) is 1. The van der Waals surface area contributed by atoms with Gasteiger partial charge in [0.2, 0.25) is 5.88 Å². The van der Waals surface area contributed by atoms with Crippen molar-refractivity contribution in [3.8, 4) is 17.3 Å². The summed E-state index contributed by atoms with van der Waals surface area (Å²) in [6.45, 7) is 0.311. The average Bonchev–Trinajstić information content (AvgIpc) is 2.61. The van der Waals surface area contributed by atoms with Gasteiger partial charge in [0.05, 0.1) is 0 Å². The molecule has 114 valence electrons. The maximum atomic E-state index is 11.3.